The van der Waals surface area contributed by atoms with Crippen LogP contribution in [0.2, 0.25) is 0 Å². The second-order valence-electron chi connectivity index (χ2n) is 7.68. The molecular formula is C23H23N5O3. The summed E-state index contributed by atoms with van der Waals surface area (Å²) in [5.41, 5.74) is 3.38. The van der Waals surface area contributed by atoms with Crippen LogP contribution in [0.1, 0.15) is 15.9 Å². The van der Waals surface area contributed by atoms with Crippen molar-refractivity contribution in [3.8, 4) is 0 Å². The van der Waals surface area contributed by atoms with Gasteiger partial charge >= 0.3 is 0 Å². The van der Waals surface area contributed by atoms with Gasteiger partial charge in [-0.15, -0.1) is 0 Å². The minimum atomic E-state index is -0.238. The van der Waals surface area contributed by atoms with Gasteiger partial charge in [0.15, 0.2) is 0 Å². The van der Waals surface area contributed by atoms with Gasteiger partial charge in [-0.2, -0.15) is 5.10 Å². The second kappa shape index (κ2) is 7.88. The van der Waals surface area contributed by atoms with Gasteiger partial charge in [-0.25, -0.2) is 4.52 Å². The van der Waals surface area contributed by atoms with Crippen LogP contribution in [0.4, 0.5) is 5.69 Å². The topological polar surface area (TPSA) is 82.9 Å². The molecule has 1 amide bonds. The number of nitrogens with zero attached hydrogens (tertiary/aromatic N) is 4. The van der Waals surface area contributed by atoms with E-state index in [2.05, 4.69) is 21.0 Å². The zero-order chi connectivity index (χ0) is 21.4. The van der Waals surface area contributed by atoms with Crippen molar-refractivity contribution in [3.05, 3.63) is 76.2 Å². The number of hydrogen-bond donors (Lipinski definition) is 1. The summed E-state index contributed by atoms with van der Waals surface area (Å²) in [7, 11) is 1.76. The van der Waals surface area contributed by atoms with Gasteiger partial charge in [-0.3, -0.25) is 9.59 Å². The van der Waals surface area contributed by atoms with Crippen molar-refractivity contribution in [2.45, 2.75) is 6.54 Å². The summed E-state index contributed by atoms with van der Waals surface area (Å²) in [6.45, 7) is 3.51. The maximum Gasteiger partial charge on any atom is 0.259 e. The smallest absolute Gasteiger partial charge is 0.259 e. The first-order valence-electron chi connectivity index (χ1n) is 10.3. The van der Waals surface area contributed by atoms with Gasteiger partial charge in [0.2, 0.25) is 0 Å². The molecule has 2 aromatic carbocycles. The lowest BCUT2D eigenvalue weighted by Gasteiger charge is -2.31. The van der Waals surface area contributed by atoms with Gasteiger partial charge in [0.25, 0.3) is 11.5 Å². The third-order valence-electron chi connectivity index (χ3n) is 5.71. The summed E-state index contributed by atoms with van der Waals surface area (Å²) >= 11 is 0. The number of benzene rings is 2. The average Bonchev–Trinajstić information content (AvgIpc) is 3.23. The molecule has 0 radical (unpaired) electrons. The molecule has 1 aliphatic heterocycles. The third-order valence-corrected chi connectivity index (χ3v) is 5.71. The van der Waals surface area contributed by atoms with E-state index in [-0.39, 0.29) is 11.5 Å². The first-order chi connectivity index (χ1) is 15.1. The van der Waals surface area contributed by atoms with Crippen LogP contribution in [0.3, 0.4) is 0 Å². The summed E-state index contributed by atoms with van der Waals surface area (Å²) in [6.07, 6.45) is 1.52. The molecule has 4 aromatic rings. The number of fused-ring (bicyclic) bond motifs is 3. The van der Waals surface area contributed by atoms with Gasteiger partial charge in [-0.05, 0) is 23.8 Å². The SMILES string of the molecule is CN(Cc1ccccc1N1CCOCC1)C(=O)c1cnn2c1[nH]c(=O)c1ccccc12. The number of H-pyrrole nitrogens is 1. The van der Waals surface area contributed by atoms with Gasteiger partial charge < -0.3 is 19.5 Å². The van der Waals surface area contributed by atoms with E-state index in [0.717, 1.165) is 24.3 Å². The highest BCUT2D eigenvalue weighted by Gasteiger charge is 2.21. The molecule has 8 nitrogen and oxygen atoms in total. The van der Waals surface area contributed by atoms with E-state index in [1.165, 1.54) is 6.20 Å². The molecule has 8 heteroatoms. The number of morpholine rings is 1. The van der Waals surface area contributed by atoms with Crippen molar-refractivity contribution in [2.75, 3.05) is 38.3 Å². The van der Waals surface area contributed by atoms with E-state index in [4.69, 9.17) is 4.74 Å². The molecule has 31 heavy (non-hydrogen) atoms. The Balaban J connectivity index is 1.46. The largest absolute Gasteiger partial charge is 0.378 e. The summed E-state index contributed by atoms with van der Waals surface area (Å²) < 4.78 is 7.08. The molecule has 5 rings (SSSR count). The first kappa shape index (κ1) is 19.3. The molecule has 0 aliphatic carbocycles. The Hall–Kier alpha value is -3.65. The van der Waals surface area contributed by atoms with Crippen LogP contribution in [0.25, 0.3) is 16.6 Å². The van der Waals surface area contributed by atoms with Crippen LogP contribution in [-0.4, -0.2) is 58.8 Å². The number of ether oxygens (including phenoxy) is 1. The van der Waals surface area contributed by atoms with Gasteiger partial charge in [-0.1, -0.05) is 30.3 Å². The number of amides is 1. The van der Waals surface area contributed by atoms with E-state index < -0.39 is 0 Å². The predicted octanol–water partition coefficient (Wildman–Crippen LogP) is 2.28. The van der Waals surface area contributed by atoms with Crippen LogP contribution in [0, 0.1) is 0 Å². The molecule has 1 N–H and O–H groups in total. The molecule has 3 heterocycles. The minimum absolute atomic E-state index is 0.197. The van der Waals surface area contributed by atoms with E-state index >= 15 is 0 Å². The number of aromatic nitrogens is 3. The van der Waals surface area contributed by atoms with Crippen LogP contribution < -0.4 is 10.5 Å². The van der Waals surface area contributed by atoms with Crippen molar-refractivity contribution in [1.29, 1.82) is 0 Å². The van der Waals surface area contributed by atoms with Gasteiger partial charge in [0.1, 0.15) is 11.2 Å². The number of nitrogens with one attached hydrogen (secondary N) is 1. The minimum Gasteiger partial charge on any atom is -0.378 e. The predicted molar refractivity (Wildman–Crippen MR) is 119 cm³/mol. The Kier molecular flexibility index (Phi) is 4.91. The fourth-order valence-corrected chi connectivity index (χ4v) is 4.12. The highest BCUT2D eigenvalue weighted by molar-refractivity contribution is 6.00. The summed E-state index contributed by atoms with van der Waals surface area (Å²) in [5.74, 6) is -0.197. The Morgan fingerprint density at radius 1 is 1.13 bits per heavy atom. The lowest BCUT2D eigenvalue weighted by Crippen LogP contribution is -2.37. The third kappa shape index (κ3) is 3.44. The molecule has 0 bridgehead atoms. The number of carbonyl (C=O) groups is 1. The summed E-state index contributed by atoms with van der Waals surface area (Å²) in [6, 6.07) is 15.3. The van der Waals surface area contributed by atoms with Crippen molar-refractivity contribution in [1.82, 2.24) is 19.5 Å². The van der Waals surface area contributed by atoms with Gasteiger partial charge in [0.05, 0.1) is 30.3 Å². The fraction of sp³-hybridized carbons (Fsp3) is 0.261. The number of para-hydroxylation sites is 2. The second-order valence-corrected chi connectivity index (χ2v) is 7.68. The number of hydrogen-bond acceptors (Lipinski definition) is 5. The highest BCUT2D eigenvalue weighted by Crippen LogP contribution is 2.24. The molecule has 0 unspecified atom stereocenters. The molecule has 0 saturated carbocycles. The molecule has 1 fully saturated rings. The van der Waals surface area contributed by atoms with Gasteiger partial charge in [0, 0.05) is 32.4 Å². The average molecular weight is 417 g/mol. The maximum absolute atomic E-state index is 13.3. The Morgan fingerprint density at radius 2 is 1.87 bits per heavy atom. The Morgan fingerprint density at radius 3 is 2.71 bits per heavy atom. The molecule has 0 spiro atoms. The lowest BCUT2D eigenvalue weighted by atomic mass is 10.1. The van der Waals surface area contributed by atoms with E-state index in [1.807, 2.05) is 30.3 Å². The van der Waals surface area contributed by atoms with Crippen molar-refractivity contribution in [3.63, 3.8) is 0 Å². The van der Waals surface area contributed by atoms with Crippen LogP contribution >= 0.6 is 0 Å². The zero-order valence-electron chi connectivity index (χ0n) is 17.2. The molecule has 0 atom stereocenters. The zero-order valence-corrected chi connectivity index (χ0v) is 17.2. The van der Waals surface area contributed by atoms with Crippen molar-refractivity contribution in [2.24, 2.45) is 0 Å². The summed E-state index contributed by atoms with van der Waals surface area (Å²) in [5, 5.41) is 4.90. The highest BCUT2D eigenvalue weighted by atomic mass is 16.5. The maximum atomic E-state index is 13.3. The van der Waals surface area contributed by atoms with Crippen molar-refractivity contribution < 1.29 is 9.53 Å². The van der Waals surface area contributed by atoms with Crippen molar-refractivity contribution >= 4 is 28.1 Å². The van der Waals surface area contributed by atoms with E-state index in [0.29, 0.717) is 41.9 Å². The normalized spacial score (nSPS) is 14.3. The number of aromatic amines is 1. The summed E-state index contributed by atoms with van der Waals surface area (Å²) in [4.78, 5) is 32.5. The monoisotopic (exact) mass is 417 g/mol. The lowest BCUT2D eigenvalue weighted by molar-refractivity contribution is 0.0786. The number of rotatable bonds is 4. The fourth-order valence-electron chi connectivity index (χ4n) is 4.12. The molecule has 2 aromatic heterocycles. The molecule has 1 aliphatic rings. The Bertz CT molecular complexity index is 1320. The Labute approximate surface area is 178 Å². The van der Waals surface area contributed by atoms with Crippen LogP contribution in [0.5, 0.6) is 0 Å². The van der Waals surface area contributed by atoms with E-state index in [1.54, 1.807) is 28.6 Å². The molecule has 1 saturated heterocycles. The van der Waals surface area contributed by atoms with E-state index in [9.17, 15) is 9.59 Å². The quantitative estimate of drug-likeness (QED) is 0.551. The number of anilines is 1. The first-order valence-corrected chi connectivity index (χ1v) is 10.3. The standard InChI is InChI=1S/C23H23N5O3/c1-26(15-16-6-2-4-8-19(16)27-10-12-31-13-11-27)23(30)18-14-24-28-20-9-5-3-7-17(20)22(29)25-21(18)28/h2-9,14H,10-13,15H2,1H3,(H,25,29). The molecular weight excluding hydrogens is 394 g/mol. The van der Waals surface area contributed by atoms with Crippen LogP contribution in [-0.2, 0) is 11.3 Å². The van der Waals surface area contributed by atoms with Crippen LogP contribution in [0.15, 0.2) is 59.5 Å². The number of carbonyl (C=O) groups excluding carboxylic acids is 1. The molecule has 158 valence electrons.